The lowest BCUT2D eigenvalue weighted by Gasteiger charge is -2.16. The van der Waals surface area contributed by atoms with E-state index in [1.54, 1.807) is 103 Å². The van der Waals surface area contributed by atoms with Gasteiger partial charge in [0.25, 0.3) is 11.8 Å². The number of imide groups is 1. The highest BCUT2D eigenvalue weighted by atomic mass is 35.5. The minimum atomic E-state index is -0.641. The van der Waals surface area contributed by atoms with Crippen LogP contribution in [-0.4, -0.2) is 28.9 Å². The van der Waals surface area contributed by atoms with E-state index in [0.29, 0.717) is 38.4 Å². The molecule has 1 atom stereocenters. The number of thiophene rings is 1. The second kappa shape index (κ2) is 14.5. The van der Waals surface area contributed by atoms with E-state index < -0.39 is 17.1 Å². The lowest BCUT2D eigenvalue weighted by molar-refractivity contribution is -0.121. The summed E-state index contributed by atoms with van der Waals surface area (Å²) in [6.07, 6.45) is 1.65. The van der Waals surface area contributed by atoms with Gasteiger partial charge >= 0.3 is 0 Å². The van der Waals surface area contributed by atoms with E-state index in [-0.39, 0.29) is 23.9 Å². The van der Waals surface area contributed by atoms with E-state index in [1.165, 1.54) is 28.0 Å². The molecule has 2 heterocycles. The maximum Gasteiger partial charge on any atom is 0.272 e. The lowest BCUT2D eigenvalue weighted by atomic mass is 10.2. The van der Waals surface area contributed by atoms with E-state index in [1.807, 2.05) is 23.6 Å². The zero-order valence-corrected chi connectivity index (χ0v) is 27.0. The van der Waals surface area contributed by atoms with E-state index >= 15 is 0 Å². The van der Waals surface area contributed by atoms with Crippen LogP contribution < -0.4 is 20.3 Å². The summed E-state index contributed by atoms with van der Waals surface area (Å²) in [6.45, 7) is 0. The van der Waals surface area contributed by atoms with E-state index in [2.05, 4.69) is 10.6 Å². The average molecular weight is 680 g/mol. The molecule has 1 aromatic heterocycles. The van der Waals surface area contributed by atoms with Crippen molar-refractivity contribution in [3.63, 3.8) is 0 Å². The van der Waals surface area contributed by atoms with Crippen LogP contribution in [0.15, 0.2) is 131 Å². The van der Waals surface area contributed by atoms with Crippen molar-refractivity contribution in [2.75, 3.05) is 10.2 Å². The fourth-order valence-corrected chi connectivity index (χ4v) is 6.63. The number of hydrogen-bond donors (Lipinski definition) is 2. The number of halogens is 1. The molecule has 0 aliphatic carbocycles. The van der Waals surface area contributed by atoms with Crippen molar-refractivity contribution in [1.82, 2.24) is 5.32 Å². The molecule has 5 aromatic rings. The zero-order valence-electron chi connectivity index (χ0n) is 24.6. The summed E-state index contributed by atoms with van der Waals surface area (Å²) < 4.78 is 5.82. The number of thioether (sulfide) groups is 1. The molecular formula is C36H26ClN3O5S2. The van der Waals surface area contributed by atoms with Crippen LogP contribution in [0, 0.1) is 0 Å². The molecule has 11 heteroatoms. The summed E-state index contributed by atoms with van der Waals surface area (Å²) in [7, 11) is 0. The first-order chi connectivity index (χ1) is 22.8. The maximum absolute atomic E-state index is 13.4. The Balaban J connectivity index is 1.11. The topological polar surface area (TPSA) is 105 Å². The normalized spacial score (nSPS) is 14.6. The van der Waals surface area contributed by atoms with Crippen LogP contribution in [-0.2, 0) is 14.4 Å². The van der Waals surface area contributed by atoms with Crippen LogP contribution in [0.4, 0.5) is 11.4 Å². The number of anilines is 2. The zero-order chi connectivity index (χ0) is 32.8. The average Bonchev–Trinajstić information content (AvgIpc) is 3.69. The lowest BCUT2D eigenvalue weighted by Crippen LogP contribution is -2.31. The highest BCUT2D eigenvalue weighted by molar-refractivity contribution is 8.00. The molecule has 47 heavy (non-hydrogen) atoms. The second-order valence-corrected chi connectivity index (χ2v) is 13.0. The van der Waals surface area contributed by atoms with Gasteiger partial charge in [-0.25, -0.2) is 4.90 Å². The Morgan fingerprint density at radius 2 is 1.60 bits per heavy atom. The SMILES string of the molecule is O=C(Nc1cccc(SC2CC(=O)N(c3ccc(Oc4ccc(Cl)cc4)cc3)C2=O)c1)/C(=C/c1cccs1)NC(=O)c1ccccc1. The molecule has 8 nitrogen and oxygen atoms in total. The minimum absolute atomic E-state index is 0.0301. The number of nitrogens with zero attached hydrogens (tertiary/aromatic N) is 1. The molecule has 4 aromatic carbocycles. The summed E-state index contributed by atoms with van der Waals surface area (Å²) in [5, 5.41) is 7.41. The van der Waals surface area contributed by atoms with Gasteiger partial charge in [0.1, 0.15) is 17.2 Å². The number of ether oxygens (including phenoxy) is 1. The monoisotopic (exact) mass is 679 g/mol. The van der Waals surface area contributed by atoms with Crippen molar-refractivity contribution in [2.45, 2.75) is 16.6 Å². The summed E-state index contributed by atoms with van der Waals surface area (Å²) in [6, 6.07) is 33.0. The Labute approximate surface area is 284 Å². The van der Waals surface area contributed by atoms with Crippen molar-refractivity contribution < 1.29 is 23.9 Å². The van der Waals surface area contributed by atoms with Gasteiger partial charge in [-0.2, -0.15) is 0 Å². The highest BCUT2D eigenvalue weighted by Gasteiger charge is 2.40. The van der Waals surface area contributed by atoms with Crippen LogP contribution in [0.25, 0.3) is 6.08 Å². The van der Waals surface area contributed by atoms with Crippen molar-refractivity contribution in [1.29, 1.82) is 0 Å². The summed E-state index contributed by atoms with van der Waals surface area (Å²) in [4.78, 5) is 55.3. The Bertz CT molecular complexity index is 1950. The summed E-state index contributed by atoms with van der Waals surface area (Å²) in [5.41, 5.74) is 1.42. The van der Waals surface area contributed by atoms with Crippen LogP contribution >= 0.6 is 34.7 Å². The molecule has 6 rings (SSSR count). The van der Waals surface area contributed by atoms with Crippen molar-refractivity contribution in [2.24, 2.45) is 0 Å². The van der Waals surface area contributed by atoms with Gasteiger partial charge in [0, 0.05) is 32.5 Å². The Morgan fingerprint density at radius 1 is 0.872 bits per heavy atom. The van der Waals surface area contributed by atoms with Crippen molar-refractivity contribution in [3.8, 4) is 11.5 Å². The molecule has 1 aliphatic rings. The van der Waals surface area contributed by atoms with Gasteiger partial charge in [0.05, 0.1) is 10.9 Å². The Morgan fingerprint density at radius 3 is 2.30 bits per heavy atom. The first kappa shape index (κ1) is 31.8. The molecule has 0 saturated carbocycles. The third-order valence-corrected chi connectivity index (χ3v) is 9.23. The minimum Gasteiger partial charge on any atom is -0.457 e. The van der Waals surface area contributed by atoms with Gasteiger partial charge < -0.3 is 15.4 Å². The third kappa shape index (κ3) is 7.98. The van der Waals surface area contributed by atoms with Gasteiger partial charge in [-0.1, -0.05) is 41.9 Å². The second-order valence-electron chi connectivity index (χ2n) is 10.3. The largest absolute Gasteiger partial charge is 0.457 e. The third-order valence-electron chi connectivity index (χ3n) is 6.98. The fourth-order valence-electron chi connectivity index (χ4n) is 4.74. The number of carbonyl (C=O) groups excluding carboxylic acids is 4. The molecule has 1 saturated heterocycles. The molecule has 234 valence electrons. The van der Waals surface area contributed by atoms with Gasteiger partial charge in [-0.05, 0) is 96.4 Å². The van der Waals surface area contributed by atoms with Gasteiger partial charge in [-0.15, -0.1) is 23.1 Å². The number of rotatable bonds is 10. The first-order valence-electron chi connectivity index (χ1n) is 14.4. The van der Waals surface area contributed by atoms with Gasteiger partial charge in [0.15, 0.2) is 0 Å². The number of nitrogens with one attached hydrogen (secondary N) is 2. The molecule has 2 N–H and O–H groups in total. The smallest absolute Gasteiger partial charge is 0.272 e. The summed E-state index contributed by atoms with van der Waals surface area (Å²) in [5.74, 6) is -0.395. The van der Waals surface area contributed by atoms with Crippen molar-refractivity contribution >= 4 is 75.8 Å². The van der Waals surface area contributed by atoms with Crippen LogP contribution in [0.2, 0.25) is 5.02 Å². The highest BCUT2D eigenvalue weighted by Crippen LogP contribution is 2.36. The van der Waals surface area contributed by atoms with Crippen LogP contribution in [0.3, 0.4) is 0 Å². The molecule has 0 radical (unpaired) electrons. The number of hydrogen-bond acceptors (Lipinski definition) is 7. The number of benzene rings is 4. The fraction of sp³-hybridized carbons (Fsp3) is 0.0556. The van der Waals surface area contributed by atoms with Gasteiger partial charge in [-0.3, -0.25) is 19.2 Å². The van der Waals surface area contributed by atoms with Gasteiger partial charge in [0.2, 0.25) is 11.8 Å². The summed E-state index contributed by atoms with van der Waals surface area (Å²) >= 11 is 8.61. The maximum atomic E-state index is 13.4. The number of amides is 4. The first-order valence-corrected chi connectivity index (χ1v) is 16.6. The molecule has 1 aliphatic heterocycles. The van der Waals surface area contributed by atoms with Crippen LogP contribution in [0.1, 0.15) is 21.7 Å². The standard InChI is InChI=1S/C36H26ClN3O5S2/c37-24-11-15-27(16-12-24)45-28-17-13-26(14-18-28)40-33(41)22-32(36(40)44)47-30-9-4-8-25(20-30)38-35(43)31(21-29-10-5-19-46-29)39-34(42)23-6-2-1-3-7-23/h1-21,32H,22H2,(H,38,43)(H,39,42)/b31-21-. The Hall–Kier alpha value is -5.16. The molecule has 0 spiro atoms. The van der Waals surface area contributed by atoms with Crippen LogP contribution in [0.5, 0.6) is 11.5 Å². The molecule has 1 fully saturated rings. The Kier molecular flexibility index (Phi) is 9.82. The molecule has 4 amide bonds. The van der Waals surface area contributed by atoms with E-state index in [9.17, 15) is 19.2 Å². The van der Waals surface area contributed by atoms with E-state index in [0.717, 1.165) is 4.88 Å². The van der Waals surface area contributed by atoms with E-state index in [4.69, 9.17) is 16.3 Å². The predicted molar refractivity (Wildman–Crippen MR) is 186 cm³/mol. The number of carbonyl (C=O) groups is 4. The molecule has 0 bridgehead atoms. The quantitative estimate of drug-likeness (QED) is 0.114. The molecular weight excluding hydrogens is 654 g/mol. The predicted octanol–water partition coefficient (Wildman–Crippen LogP) is 8.03. The van der Waals surface area contributed by atoms with Crippen molar-refractivity contribution in [3.05, 3.63) is 142 Å². The molecule has 1 unspecified atom stereocenters.